The fourth-order valence-corrected chi connectivity index (χ4v) is 12.9. The van der Waals surface area contributed by atoms with E-state index in [0.717, 1.165) is 148 Å². The van der Waals surface area contributed by atoms with Gasteiger partial charge < -0.3 is 28.4 Å². The number of hydrogen-bond donors (Lipinski definition) is 0. The van der Waals surface area contributed by atoms with Crippen molar-refractivity contribution >= 4 is 69.7 Å². The first kappa shape index (κ1) is 44.5. The summed E-state index contributed by atoms with van der Waals surface area (Å²) in [7, 11) is 0. The van der Waals surface area contributed by atoms with Gasteiger partial charge >= 0.3 is 0 Å². The predicted octanol–water partition coefficient (Wildman–Crippen LogP) is 13.7. The molecule has 0 aromatic heterocycles. The Morgan fingerprint density at radius 2 is 0.806 bits per heavy atom. The zero-order valence-corrected chi connectivity index (χ0v) is 41.6. The third-order valence-corrected chi connectivity index (χ3v) is 16.3. The van der Waals surface area contributed by atoms with Gasteiger partial charge in [0.25, 0.3) is 13.4 Å². The van der Waals surface area contributed by atoms with Crippen LogP contribution in [0, 0.1) is 0 Å². The lowest BCUT2D eigenvalue weighted by Gasteiger charge is -2.37. The topological polar surface area (TPSA) is 55.4 Å². The van der Waals surface area contributed by atoms with Crippen molar-refractivity contribution in [1.82, 2.24) is 0 Å². The molecular weight excluding hydrogens is 926 g/mol. The lowest BCUT2D eigenvalue weighted by atomic mass is 9.32. The van der Waals surface area contributed by atoms with E-state index in [0.29, 0.717) is 11.5 Å². The van der Waals surface area contributed by atoms with Crippen molar-refractivity contribution in [1.29, 1.82) is 0 Å². The van der Waals surface area contributed by atoms with E-state index in [1.165, 1.54) is 11.1 Å². The van der Waals surface area contributed by atoms with Gasteiger partial charge in [0.05, 0.1) is 9.79 Å². The number of rotatable bonds is 14. The summed E-state index contributed by atoms with van der Waals surface area (Å²) in [6, 6.07) is 62.6. The average Bonchev–Trinajstić information content (AvgIpc) is 3.40. The van der Waals surface area contributed by atoms with Crippen molar-refractivity contribution in [2.45, 2.75) is 72.0 Å². The summed E-state index contributed by atoms with van der Waals surface area (Å²) in [6.45, 7) is 4.09. The molecule has 0 aliphatic carbocycles. The van der Waals surface area contributed by atoms with Crippen LogP contribution in [-0.2, 0) is 12.8 Å². The van der Waals surface area contributed by atoms with E-state index in [9.17, 15) is 0 Å². The fourth-order valence-electron chi connectivity index (χ4n) is 10.4. The average molecular weight is 975 g/mol. The van der Waals surface area contributed by atoms with Gasteiger partial charge in [-0.15, -0.1) is 0 Å². The molecule has 0 fully saturated rings. The molecule has 72 heavy (non-hydrogen) atoms. The molecule has 4 aliphatic heterocycles. The minimum atomic E-state index is -0.179. The molecule has 4 aliphatic rings. The molecule has 10 heteroatoms. The van der Waals surface area contributed by atoms with E-state index in [1.807, 2.05) is 72.8 Å². The van der Waals surface area contributed by atoms with Crippen LogP contribution in [0.15, 0.2) is 202 Å². The smallest absolute Gasteiger partial charge is 0.254 e. The molecule has 0 radical (unpaired) electrons. The summed E-state index contributed by atoms with van der Waals surface area (Å²) in [5.41, 5.74) is 9.25. The van der Waals surface area contributed by atoms with Gasteiger partial charge in [-0.25, -0.2) is 0 Å². The Hall–Kier alpha value is -7.39. The quantitative estimate of drug-likeness (QED) is 0.0999. The highest BCUT2D eigenvalue weighted by Crippen LogP contribution is 2.47. The first-order chi connectivity index (χ1) is 35.5. The maximum atomic E-state index is 7.11. The largest absolute Gasteiger partial charge is 0.458 e. The summed E-state index contributed by atoms with van der Waals surface area (Å²) < 4.78 is 40.9. The number of fused-ring (bicyclic) bond motifs is 8. The summed E-state index contributed by atoms with van der Waals surface area (Å²) >= 11 is 3.40. The van der Waals surface area contributed by atoms with E-state index < -0.39 is 0 Å². The second-order valence-corrected chi connectivity index (χ2v) is 20.9. The molecule has 4 heterocycles. The van der Waals surface area contributed by atoms with Gasteiger partial charge in [0.15, 0.2) is 0 Å². The molecule has 0 saturated carbocycles. The van der Waals surface area contributed by atoms with E-state index in [2.05, 4.69) is 123 Å². The normalized spacial score (nSPS) is 13.0. The summed E-state index contributed by atoms with van der Waals surface area (Å²) in [5, 5.41) is 0. The molecule has 0 N–H and O–H groups in total. The molecule has 0 bridgehead atoms. The first-order valence-corrected chi connectivity index (χ1v) is 26.7. The Morgan fingerprint density at radius 3 is 1.24 bits per heavy atom. The van der Waals surface area contributed by atoms with E-state index in [1.54, 1.807) is 23.5 Å². The van der Waals surface area contributed by atoms with E-state index >= 15 is 0 Å². The highest BCUT2D eigenvalue weighted by molar-refractivity contribution is 8.00. The first-order valence-electron chi connectivity index (χ1n) is 25.0. The molecule has 6 nitrogen and oxygen atoms in total. The summed E-state index contributed by atoms with van der Waals surface area (Å²) in [5.74, 6) is 9.09. The van der Waals surface area contributed by atoms with Gasteiger partial charge in [-0.3, -0.25) is 0 Å². The van der Waals surface area contributed by atoms with Crippen LogP contribution in [0.4, 0.5) is 0 Å². The molecular formula is C62H48B2O6S2. The molecule has 0 atom stereocenters. The van der Waals surface area contributed by atoms with Crippen LogP contribution in [0.3, 0.4) is 0 Å². The van der Waals surface area contributed by atoms with Crippen molar-refractivity contribution in [3.05, 3.63) is 193 Å². The SMILES string of the molecule is CCCCc1ccc(Oc2cc3c4c(c2)Sc2c(Oc5ccccc5)cccc2B4c2cc4c(cc2O3)Oc2cc(Oc3ccc(CCCC)cc3)cc3c2B4c2cccc(Oc4ccccc4)c2S3)cc1. The highest BCUT2D eigenvalue weighted by Gasteiger charge is 2.45. The molecule has 0 saturated heterocycles. The van der Waals surface area contributed by atoms with E-state index in [4.69, 9.17) is 28.4 Å². The number of aryl methyl sites for hydroxylation is 2. The number of benzene rings is 9. The highest BCUT2D eigenvalue weighted by atomic mass is 32.2. The molecule has 9 aromatic rings. The Bertz CT molecular complexity index is 3290. The Kier molecular flexibility index (Phi) is 11.7. The van der Waals surface area contributed by atoms with Crippen molar-refractivity contribution in [2.75, 3.05) is 0 Å². The number of ether oxygens (including phenoxy) is 6. The van der Waals surface area contributed by atoms with Crippen LogP contribution in [0.2, 0.25) is 0 Å². The third kappa shape index (κ3) is 8.36. The van der Waals surface area contributed by atoms with Crippen LogP contribution in [-0.4, -0.2) is 13.4 Å². The zero-order chi connectivity index (χ0) is 48.1. The van der Waals surface area contributed by atoms with Crippen LogP contribution < -0.4 is 61.2 Å². The van der Waals surface area contributed by atoms with Gasteiger partial charge in [-0.05, 0) is 131 Å². The molecule has 13 rings (SSSR count). The Labute approximate surface area is 429 Å². The Balaban J connectivity index is 0.947. The minimum Gasteiger partial charge on any atom is -0.458 e. The zero-order valence-electron chi connectivity index (χ0n) is 40.0. The molecule has 350 valence electrons. The number of para-hydroxylation sites is 2. The van der Waals surface area contributed by atoms with Gasteiger partial charge in [0, 0.05) is 28.0 Å². The van der Waals surface area contributed by atoms with Crippen LogP contribution in [0.25, 0.3) is 0 Å². The van der Waals surface area contributed by atoms with Gasteiger partial charge in [0.1, 0.15) is 69.0 Å². The van der Waals surface area contributed by atoms with Gasteiger partial charge in [-0.1, -0.05) is 152 Å². The van der Waals surface area contributed by atoms with Crippen LogP contribution >= 0.6 is 23.5 Å². The third-order valence-electron chi connectivity index (χ3n) is 13.9. The maximum absolute atomic E-state index is 7.11. The van der Waals surface area contributed by atoms with Crippen molar-refractivity contribution in [3.63, 3.8) is 0 Å². The lowest BCUT2D eigenvalue weighted by Crippen LogP contribution is -2.61. The van der Waals surface area contributed by atoms with Crippen molar-refractivity contribution in [2.24, 2.45) is 0 Å². The molecule has 0 spiro atoms. The van der Waals surface area contributed by atoms with Crippen molar-refractivity contribution in [3.8, 4) is 69.0 Å². The number of hydrogen-bond acceptors (Lipinski definition) is 8. The van der Waals surface area contributed by atoms with Crippen LogP contribution in [0.5, 0.6) is 69.0 Å². The summed E-state index contributed by atoms with van der Waals surface area (Å²) in [4.78, 5) is 4.23. The van der Waals surface area contributed by atoms with Gasteiger partial charge in [0.2, 0.25) is 0 Å². The minimum absolute atomic E-state index is 0.179. The maximum Gasteiger partial charge on any atom is 0.254 e. The van der Waals surface area contributed by atoms with Crippen LogP contribution in [0.1, 0.15) is 50.7 Å². The molecule has 0 unspecified atom stereocenters. The molecule has 0 amide bonds. The van der Waals surface area contributed by atoms with Crippen molar-refractivity contribution < 1.29 is 28.4 Å². The standard InChI is InChI=1S/C62H48B2O6S2/c1-3-5-15-39-25-29-43(30-26-39)65-45-33-55-59-57(35-45)71-61-47(21-13-23-51(61)67-41-17-9-7-10-18-41)63(59)49-37-50-54(38-53(49)69-55)70-56-34-46(66-44-31-27-40(28-32-44)16-6-4-2)36-58-60(56)64(50)48-22-14-24-52(62(48)72-58)68-42-19-11-8-12-20-42/h7-14,17-38H,3-6,15-16H2,1-2H3. The predicted molar refractivity (Wildman–Crippen MR) is 293 cm³/mol. The Morgan fingerprint density at radius 1 is 0.375 bits per heavy atom. The van der Waals surface area contributed by atoms with E-state index in [-0.39, 0.29) is 13.4 Å². The number of unbranched alkanes of at least 4 members (excludes halogenated alkanes) is 2. The second-order valence-electron chi connectivity index (χ2n) is 18.7. The molecule has 9 aromatic carbocycles. The lowest BCUT2D eigenvalue weighted by molar-refractivity contribution is 0.449. The second kappa shape index (κ2) is 19.0. The monoisotopic (exact) mass is 974 g/mol. The van der Waals surface area contributed by atoms with Gasteiger partial charge in [-0.2, -0.15) is 0 Å². The fraction of sp³-hybridized carbons (Fsp3) is 0.129. The summed E-state index contributed by atoms with van der Waals surface area (Å²) in [6.07, 6.45) is 6.74.